The van der Waals surface area contributed by atoms with Gasteiger partial charge in [0.2, 0.25) is 5.28 Å². The molecule has 0 aromatic carbocycles. The van der Waals surface area contributed by atoms with Crippen molar-refractivity contribution in [2.24, 2.45) is 0 Å². The third-order valence-electron chi connectivity index (χ3n) is 1.87. The number of aromatic nitrogens is 2. The molecule has 0 fully saturated rings. The Bertz CT molecular complexity index is 455. The number of rotatable bonds is 3. The Balaban J connectivity index is 1.99. The van der Waals surface area contributed by atoms with Gasteiger partial charge < -0.3 is 9.73 Å². The van der Waals surface area contributed by atoms with Gasteiger partial charge in [0, 0.05) is 6.20 Å². The minimum atomic E-state index is 0.232. The van der Waals surface area contributed by atoms with Crippen molar-refractivity contribution in [3.05, 3.63) is 41.2 Å². The molecule has 78 valence electrons. The first-order valence-electron chi connectivity index (χ1n) is 4.52. The van der Waals surface area contributed by atoms with Crippen LogP contribution in [0.4, 0.5) is 5.82 Å². The fourth-order valence-corrected chi connectivity index (χ4v) is 1.34. The number of hydrogen-bond acceptors (Lipinski definition) is 4. The second-order valence-corrected chi connectivity index (χ2v) is 3.41. The number of nitrogens with one attached hydrogen (secondary N) is 1. The maximum atomic E-state index is 5.65. The zero-order chi connectivity index (χ0) is 10.7. The van der Waals surface area contributed by atoms with Crippen molar-refractivity contribution in [1.29, 1.82) is 0 Å². The molecule has 1 N–H and O–H groups in total. The highest BCUT2D eigenvalue weighted by Crippen LogP contribution is 2.10. The Morgan fingerprint density at radius 2 is 2.27 bits per heavy atom. The van der Waals surface area contributed by atoms with E-state index in [4.69, 9.17) is 16.0 Å². The highest BCUT2D eigenvalue weighted by Gasteiger charge is 1.99. The molecule has 0 aliphatic rings. The summed E-state index contributed by atoms with van der Waals surface area (Å²) in [6.07, 6.45) is 1.60. The smallest absolute Gasteiger partial charge is 0.224 e. The van der Waals surface area contributed by atoms with Gasteiger partial charge in [-0.05, 0) is 36.7 Å². The van der Waals surface area contributed by atoms with Crippen LogP contribution in [0.5, 0.6) is 0 Å². The Kier molecular flexibility index (Phi) is 2.87. The summed E-state index contributed by atoms with van der Waals surface area (Å²) in [7, 11) is 0. The van der Waals surface area contributed by atoms with Gasteiger partial charge in [-0.15, -0.1) is 0 Å². The Morgan fingerprint density at radius 1 is 1.40 bits per heavy atom. The van der Waals surface area contributed by atoms with Crippen LogP contribution in [0.3, 0.4) is 0 Å². The van der Waals surface area contributed by atoms with Crippen molar-refractivity contribution in [3.8, 4) is 0 Å². The maximum Gasteiger partial charge on any atom is 0.224 e. The number of halogens is 1. The first-order chi connectivity index (χ1) is 7.24. The first-order valence-corrected chi connectivity index (χ1v) is 4.89. The molecule has 2 rings (SSSR count). The molecular weight excluding hydrogens is 214 g/mol. The van der Waals surface area contributed by atoms with E-state index in [9.17, 15) is 0 Å². The van der Waals surface area contributed by atoms with Crippen molar-refractivity contribution in [2.45, 2.75) is 13.5 Å². The highest BCUT2D eigenvalue weighted by atomic mass is 35.5. The number of anilines is 1. The molecule has 0 atom stereocenters. The van der Waals surface area contributed by atoms with E-state index in [0.717, 1.165) is 11.5 Å². The normalized spacial score (nSPS) is 10.3. The lowest BCUT2D eigenvalue weighted by Crippen LogP contribution is -2.00. The van der Waals surface area contributed by atoms with E-state index in [1.54, 1.807) is 12.3 Å². The lowest BCUT2D eigenvalue weighted by molar-refractivity contribution is 0.490. The van der Waals surface area contributed by atoms with E-state index in [1.807, 2.05) is 19.1 Å². The van der Waals surface area contributed by atoms with Gasteiger partial charge in [-0.25, -0.2) is 9.97 Å². The molecule has 4 nitrogen and oxygen atoms in total. The molecule has 0 aliphatic carbocycles. The van der Waals surface area contributed by atoms with Gasteiger partial charge in [0.25, 0.3) is 0 Å². The third-order valence-corrected chi connectivity index (χ3v) is 2.05. The molecule has 0 radical (unpaired) electrons. The molecule has 0 unspecified atom stereocenters. The SMILES string of the molecule is Cc1ccc(CNc2ccnc(Cl)n2)o1. The van der Waals surface area contributed by atoms with E-state index in [1.165, 1.54) is 0 Å². The van der Waals surface area contributed by atoms with Gasteiger partial charge in [0.15, 0.2) is 0 Å². The summed E-state index contributed by atoms with van der Waals surface area (Å²) in [5.41, 5.74) is 0. The van der Waals surface area contributed by atoms with E-state index in [-0.39, 0.29) is 5.28 Å². The first kappa shape index (κ1) is 9.98. The van der Waals surface area contributed by atoms with Crippen molar-refractivity contribution in [3.63, 3.8) is 0 Å². The lowest BCUT2D eigenvalue weighted by Gasteiger charge is -2.02. The Morgan fingerprint density at radius 3 is 2.93 bits per heavy atom. The molecule has 0 saturated heterocycles. The van der Waals surface area contributed by atoms with Crippen LogP contribution in [0.1, 0.15) is 11.5 Å². The largest absolute Gasteiger partial charge is 0.465 e. The summed E-state index contributed by atoms with van der Waals surface area (Å²) in [5, 5.41) is 3.32. The standard InChI is InChI=1S/C10H10ClN3O/c1-7-2-3-8(15-7)6-13-9-4-5-12-10(11)14-9/h2-5H,6H2,1H3,(H,12,13,14). The van der Waals surface area contributed by atoms with Crippen LogP contribution in [0.2, 0.25) is 5.28 Å². The molecule has 5 heteroatoms. The second-order valence-electron chi connectivity index (χ2n) is 3.08. The Labute approximate surface area is 92.3 Å². The molecule has 0 amide bonds. The minimum absolute atomic E-state index is 0.232. The van der Waals surface area contributed by atoms with Crippen molar-refractivity contribution in [1.82, 2.24) is 9.97 Å². The predicted octanol–water partition coefficient (Wildman–Crippen LogP) is 2.64. The molecule has 2 aromatic heterocycles. The van der Waals surface area contributed by atoms with Crippen LogP contribution >= 0.6 is 11.6 Å². The monoisotopic (exact) mass is 223 g/mol. The molecule has 2 aromatic rings. The maximum absolute atomic E-state index is 5.65. The van der Waals surface area contributed by atoms with E-state index in [2.05, 4.69) is 15.3 Å². The van der Waals surface area contributed by atoms with E-state index in [0.29, 0.717) is 12.4 Å². The second kappa shape index (κ2) is 4.31. The molecule has 0 spiro atoms. The fourth-order valence-electron chi connectivity index (χ4n) is 1.19. The van der Waals surface area contributed by atoms with Crippen LogP contribution in [0.15, 0.2) is 28.8 Å². The highest BCUT2D eigenvalue weighted by molar-refractivity contribution is 6.28. The lowest BCUT2D eigenvalue weighted by atomic mass is 10.4. The average molecular weight is 224 g/mol. The zero-order valence-electron chi connectivity index (χ0n) is 8.20. The van der Waals surface area contributed by atoms with Crippen LogP contribution in [0.25, 0.3) is 0 Å². The van der Waals surface area contributed by atoms with Gasteiger partial charge in [-0.1, -0.05) is 0 Å². The van der Waals surface area contributed by atoms with Crippen molar-refractivity contribution >= 4 is 17.4 Å². The minimum Gasteiger partial charge on any atom is -0.465 e. The van der Waals surface area contributed by atoms with Gasteiger partial charge in [0.1, 0.15) is 17.3 Å². The van der Waals surface area contributed by atoms with E-state index < -0.39 is 0 Å². The third kappa shape index (κ3) is 2.70. The topological polar surface area (TPSA) is 51.0 Å². The predicted molar refractivity (Wildman–Crippen MR) is 57.8 cm³/mol. The zero-order valence-corrected chi connectivity index (χ0v) is 8.95. The van der Waals surface area contributed by atoms with Gasteiger partial charge in [-0.3, -0.25) is 0 Å². The summed E-state index contributed by atoms with van der Waals surface area (Å²) in [4.78, 5) is 7.79. The summed E-state index contributed by atoms with van der Waals surface area (Å²) < 4.78 is 5.40. The van der Waals surface area contributed by atoms with Gasteiger partial charge >= 0.3 is 0 Å². The van der Waals surface area contributed by atoms with Crippen LogP contribution in [-0.2, 0) is 6.54 Å². The summed E-state index contributed by atoms with van der Waals surface area (Å²) in [6, 6.07) is 5.59. The molecule has 0 saturated carbocycles. The van der Waals surface area contributed by atoms with Crippen LogP contribution in [-0.4, -0.2) is 9.97 Å². The van der Waals surface area contributed by atoms with Crippen molar-refractivity contribution in [2.75, 3.05) is 5.32 Å². The average Bonchev–Trinajstić information content (AvgIpc) is 2.62. The van der Waals surface area contributed by atoms with Crippen molar-refractivity contribution < 1.29 is 4.42 Å². The molecule has 0 bridgehead atoms. The number of hydrogen-bond donors (Lipinski definition) is 1. The molecule has 0 aliphatic heterocycles. The van der Waals surface area contributed by atoms with Gasteiger partial charge in [0.05, 0.1) is 6.54 Å². The molecule has 2 heterocycles. The quantitative estimate of drug-likeness (QED) is 0.813. The number of furan rings is 1. The Hall–Kier alpha value is -1.55. The number of nitrogens with zero attached hydrogens (tertiary/aromatic N) is 2. The van der Waals surface area contributed by atoms with Crippen LogP contribution < -0.4 is 5.32 Å². The van der Waals surface area contributed by atoms with Crippen LogP contribution in [0, 0.1) is 6.92 Å². The summed E-state index contributed by atoms with van der Waals surface area (Å²) in [6.45, 7) is 2.49. The van der Waals surface area contributed by atoms with Gasteiger partial charge in [-0.2, -0.15) is 0 Å². The van der Waals surface area contributed by atoms with E-state index >= 15 is 0 Å². The molecular formula is C10H10ClN3O. The fraction of sp³-hybridized carbons (Fsp3) is 0.200. The summed E-state index contributed by atoms with van der Waals surface area (Å²) >= 11 is 5.65. The number of aryl methyl sites for hydroxylation is 1. The molecule has 15 heavy (non-hydrogen) atoms. The summed E-state index contributed by atoms with van der Waals surface area (Å²) in [5.74, 6) is 2.44.